The van der Waals surface area contributed by atoms with Gasteiger partial charge in [-0.1, -0.05) is 31.2 Å². The van der Waals surface area contributed by atoms with Gasteiger partial charge in [0.25, 0.3) is 5.91 Å². The molecule has 2 aromatic carbocycles. The van der Waals surface area contributed by atoms with E-state index in [1.807, 2.05) is 56.3 Å². The fourth-order valence-corrected chi connectivity index (χ4v) is 2.69. The molecule has 1 heterocycles. The molecule has 0 unspecified atom stereocenters. The topological polar surface area (TPSA) is 58.6 Å². The summed E-state index contributed by atoms with van der Waals surface area (Å²) in [6, 6.07) is 14.9. The number of hydrogen-bond acceptors (Lipinski definition) is 3. The molecule has 0 spiro atoms. The molecule has 0 saturated carbocycles. The number of rotatable bonds is 3. The lowest BCUT2D eigenvalue weighted by Gasteiger charge is -2.23. The van der Waals surface area contributed by atoms with Crippen LogP contribution in [0.5, 0.6) is 5.75 Å². The minimum atomic E-state index is -0.291. The van der Waals surface area contributed by atoms with Gasteiger partial charge in [-0.05, 0) is 36.8 Å². The maximum Gasteiger partial charge on any atom is 0.264 e. The molecule has 1 aliphatic heterocycles. The molecule has 24 heavy (non-hydrogen) atoms. The standard InChI is InChI=1S/C19H20N2O3/c1-13-6-5-7-15(10-13)24-12-18(22)21-11-14(2)19(23)20-16-8-3-4-9-17(16)21/h3-10,14H,11-12H2,1-2H3,(H,20,23)/t14-/m1/s1. The fraction of sp³-hybridized carbons (Fsp3) is 0.263. The molecule has 1 N–H and O–H groups in total. The van der Waals surface area contributed by atoms with Crippen LogP contribution in [0.25, 0.3) is 0 Å². The van der Waals surface area contributed by atoms with E-state index in [1.165, 1.54) is 0 Å². The third kappa shape index (κ3) is 3.40. The van der Waals surface area contributed by atoms with Crippen LogP contribution in [0.3, 0.4) is 0 Å². The Morgan fingerprint density at radius 2 is 2.04 bits per heavy atom. The first kappa shape index (κ1) is 16.1. The Labute approximate surface area is 141 Å². The van der Waals surface area contributed by atoms with Gasteiger partial charge >= 0.3 is 0 Å². The summed E-state index contributed by atoms with van der Waals surface area (Å²) in [7, 11) is 0. The molecule has 0 bridgehead atoms. The fourth-order valence-electron chi connectivity index (χ4n) is 2.69. The van der Waals surface area contributed by atoms with E-state index in [0.717, 1.165) is 5.56 Å². The number of benzene rings is 2. The Kier molecular flexibility index (Phi) is 4.51. The van der Waals surface area contributed by atoms with Crippen LogP contribution in [0.15, 0.2) is 48.5 Å². The number of para-hydroxylation sites is 2. The van der Waals surface area contributed by atoms with Crippen LogP contribution in [0.1, 0.15) is 12.5 Å². The zero-order valence-electron chi connectivity index (χ0n) is 13.8. The Bertz CT molecular complexity index is 773. The highest BCUT2D eigenvalue weighted by atomic mass is 16.5. The van der Waals surface area contributed by atoms with Gasteiger partial charge in [-0.3, -0.25) is 9.59 Å². The second-order valence-electron chi connectivity index (χ2n) is 6.02. The van der Waals surface area contributed by atoms with Crippen molar-refractivity contribution in [2.75, 3.05) is 23.4 Å². The number of nitrogens with zero attached hydrogens (tertiary/aromatic N) is 1. The highest BCUT2D eigenvalue weighted by Crippen LogP contribution is 2.30. The molecule has 0 radical (unpaired) electrons. The number of ether oxygens (including phenoxy) is 1. The summed E-state index contributed by atoms with van der Waals surface area (Å²) in [6.07, 6.45) is 0. The second kappa shape index (κ2) is 6.74. The summed E-state index contributed by atoms with van der Waals surface area (Å²) in [5, 5.41) is 2.86. The number of anilines is 2. The third-order valence-corrected chi connectivity index (χ3v) is 4.01. The number of aryl methyl sites for hydroxylation is 1. The number of hydrogen-bond donors (Lipinski definition) is 1. The predicted octanol–water partition coefficient (Wildman–Crippen LogP) is 3.00. The van der Waals surface area contributed by atoms with E-state index in [4.69, 9.17) is 4.74 Å². The van der Waals surface area contributed by atoms with Crippen LogP contribution in [0.4, 0.5) is 11.4 Å². The summed E-state index contributed by atoms with van der Waals surface area (Å²) >= 11 is 0. The first-order chi connectivity index (χ1) is 11.5. The van der Waals surface area contributed by atoms with Crippen molar-refractivity contribution in [2.45, 2.75) is 13.8 Å². The number of carbonyl (C=O) groups excluding carboxylic acids is 2. The lowest BCUT2D eigenvalue weighted by atomic mass is 10.1. The highest BCUT2D eigenvalue weighted by molar-refractivity contribution is 6.04. The van der Waals surface area contributed by atoms with E-state index in [0.29, 0.717) is 23.7 Å². The lowest BCUT2D eigenvalue weighted by Crippen LogP contribution is -2.38. The Hall–Kier alpha value is -2.82. The molecule has 0 aliphatic carbocycles. The molecule has 1 atom stereocenters. The van der Waals surface area contributed by atoms with Gasteiger partial charge in [0, 0.05) is 6.54 Å². The maximum atomic E-state index is 12.7. The molecule has 5 nitrogen and oxygen atoms in total. The van der Waals surface area contributed by atoms with Crippen molar-refractivity contribution in [1.82, 2.24) is 0 Å². The summed E-state index contributed by atoms with van der Waals surface area (Å²) in [6.45, 7) is 4.04. The van der Waals surface area contributed by atoms with Crippen LogP contribution in [-0.4, -0.2) is 25.0 Å². The maximum absolute atomic E-state index is 12.7. The van der Waals surface area contributed by atoms with Crippen molar-refractivity contribution < 1.29 is 14.3 Å². The predicted molar refractivity (Wildman–Crippen MR) is 93.3 cm³/mol. The highest BCUT2D eigenvalue weighted by Gasteiger charge is 2.28. The van der Waals surface area contributed by atoms with Crippen molar-refractivity contribution in [3.63, 3.8) is 0 Å². The van der Waals surface area contributed by atoms with Gasteiger partial charge < -0.3 is 15.0 Å². The summed E-state index contributed by atoms with van der Waals surface area (Å²) in [5.74, 6) is 0.110. The summed E-state index contributed by atoms with van der Waals surface area (Å²) < 4.78 is 5.62. The monoisotopic (exact) mass is 324 g/mol. The van der Waals surface area contributed by atoms with E-state index >= 15 is 0 Å². The third-order valence-electron chi connectivity index (χ3n) is 4.01. The van der Waals surface area contributed by atoms with Gasteiger partial charge in [0.2, 0.25) is 5.91 Å². The van der Waals surface area contributed by atoms with E-state index in [-0.39, 0.29) is 24.3 Å². The number of fused-ring (bicyclic) bond motifs is 1. The molecular formula is C19H20N2O3. The molecule has 0 saturated heterocycles. The molecule has 0 fully saturated rings. The van der Waals surface area contributed by atoms with Gasteiger partial charge in [0.15, 0.2) is 6.61 Å². The van der Waals surface area contributed by atoms with Gasteiger partial charge in [-0.2, -0.15) is 0 Å². The van der Waals surface area contributed by atoms with Crippen molar-refractivity contribution in [2.24, 2.45) is 5.92 Å². The molecule has 0 aromatic heterocycles. The van der Waals surface area contributed by atoms with Crippen LogP contribution in [0, 0.1) is 12.8 Å². The number of amides is 2. The molecule has 5 heteroatoms. The second-order valence-corrected chi connectivity index (χ2v) is 6.02. The largest absolute Gasteiger partial charge is 0.484 e. The SMILES string of the molecule is Cc1cccc(OCC(=O)N2C[C@@H](C)C(=O)Nc3ccccc32)c1. The van der Waals surface area contributed by atoms with Crippen molar-refractivity contribution in [3.05, 3.63) is 54.1 Å². The van der Waals surface area contributed by atoms with Crippen LogP contribution in [0.2, 0.25) is 0 Å². The first-order valence-electron chi connectivity index (χ1n) is 7.94. The van der Waals surface area contributed by atoms with Crippen LogP contribution < -0.4 is 15.0 Å². The van der Waals surface area contributed by atoms with Gasteiger partial charge in [0.05, 0.1) is 17.3 Å². The van der Waals surface area contributed by atoms with Crippen molar-refractivity contribution in [1.29, 1.82) is 0 Å². The van der Waals surface area contributed by atoms with E-state index in [2.05, 4.69) is 5.32 Å². The van der Waals surface area contributed by atoms with E-state index in [1.54, 1.807) is 11.0 Å². The summed E-state index contributed by atoms with van der Waals surface area (Å²) in [4.78, 5) is 26.4. The van der Waals surface area contributed by atoms with Gasteiger partial charge in [0.1, 0.15) is 5.75 Å². The average Bonchev–Trinajstić information content (AvgIpc) is 2.70. The van der Waals surface area contributed by atoms with Crippen molar-refractivity contribution in [3.8, 4) is 5.75 Å². The van der Waals surface area contributed by atoms with Gasteiger partial charge in [-0.15, -0.1) is 0 Å². The summed E-state index contributed by atoms with van der Waals surface area (Å²) in [5.41, 5.74) is 2.42. The van der Waals surface area contributed by atoms with Crippen molar-refractivity contribution >= 4 is 23.2 Å². The minimum Gasteiger partial charge on any atom is -0.484 e. The van der Waals surface area contributed by atoms with E-state index < -0.39 is 0 Å². The lowest BCUT2D eigenvalue weighted by molar-refractivity contribution is -0.121. The first-order valence-corrected chi connectivity index (χ1v) is 7.94. The molecule has 1 aliphatic rings. The van der Waals surface area contributed by atoms with Crippen LogP contribution >= 0.6 is 0 Å². The Morgan fingerprint density at radius 3 is 2.83 bits per heavy atom. The number of nitrogens with one attached hydrogen (secondary N) is 1. The Balaban J connectivity index is 1.79. The molecule has 3 rings (SSSR count). The number of carbonyl (C=O) groups is 2. The van der Waals surface area contributed by atoms with E-state index in [9.17, 15) is 9.59 Å². The molecule has 124 valence electrons. The molecule has 2 aromatic rings. The zero-order valence-corrected chi connectivity index (χ0v) is 13.8. The Morgan fingerprint density at radius 1 is 1.25 bits per heavy atom. The zero-order chi connectivity index (χ0) is 17.1. The smallest absolute Gasteiger partial charge is 0.264 e. The average molecular weight is 324 g/mol. The minimum absolute atomic E-state index is 0.0707. The van der Waals surface area contributed by atoms with Crippen LogP contribution in [-0.2, 0) is 9.59 Å². The normalized spacial score (nSPS) is 16.8. The van der Waals surface area contributed by atoms with Gasteiger partial charge in [-0.25, -0.2) is 0 Å². The molecule has 2 amide bonds. The molecular weight excluding hydrogens is 304 g/mol. The quantitative estimate of drug-likeness (QED) is 0.944.